The predicted molar refractivity (Wildman–Crippen MR) is 87.5 cm³/mol. The molecule has 0 amide bonds. The Morgan fingerprint density at radius 1 is 1.29 bits per heavy atom. The molecule has 0 spiro atoms. The molecule has 1 fully saturated rings. The van der Waals surface area contributed by atoms with Gasteiger partial charge in [0.15, 0.2) is 5.78 Å². The van der Waals surface area contributed by atoms with Crippen LogP contribution in [0.2, 0.25) is 10.0 Å². The maximum atomic E-state index is 13.0. The van der Waals surface area contributed by atoms with Gasteiger partial charge in [0.2, 0.25) is 0 Å². The van der Waals surface area contributed by atoms with E-state index in [0.29, 0.717) is 39.2 Å². The lowest BCUT2D eigenvalue weighted by Crippen LogP contribution is -2.11. The molecule has 8 heteroatoms. The third kappa shape index (κ3) is 2.72. The lowest BCUT2D eigenvalue weighted by molar-refractivity contribution is 0.103. The first kappa shape index (κ1) is 15.4. The Labute approximate surface area is 147 Å². The smallest absolute Gasteiger partial charge is 0.198 e. The maximum Gasteiger partial charge on any atom is 0.198 e. The van der Waals surface area contributed by atoms with Crippen LogP contribution in [0.3, 0.4) is 0 Å². The summed E-state index contributed by atoms with van der Waals surface area (Å²) in [4.78, 5) is 16.9. The summed E-state index contributed by atoms with van der Waals surface area (Å²) in [5.74, 6) is 0.135. The molecule has 1 saturated carbocycles. The van der Waals surface area contributed by atoms with Crippen molar-refractivity contribution in [2.45, 2.75) is 25.3 Å². The lowest BCUT2D eigenvalue weighted by Gasteiger charge is -2.12. The molecule has 6 nitrogen and oxygen atoms in total. The minimum atomic E-state index is -0.174. The predicted octanol–water partition coefficient (Wildman–Crippen LogP) is 3.73. The highest BCUT2D eigenvalue weighted by Crippen LogP contribution is 2.41. The second-order valence-electron chi connectivity index (χ2n) is 5.70. The number of nitrogens with zero attached hydrogens (tertiary/aromatic N) is 4. The molecule has 0 saturated heterocycles. The Morgan fingerprint density at radius 2 is 2.12 bits per heavy atom. The topological polar surface area (TPSA) is 73.8 Å². The average Bonchev–Trinajstić information content (AvgIpc) is 3.09. The number of ketones is 1. The molecule has 3 aromatic rings. The number of carbonyl (C=O) groups excluding carboxylic acids is 1. The number of hydrogen-bond acceptors (Lipinski definition) is 5. The fourth-order valence-corrected chi connectivity index (χ4v) is 3.05. The molecule has 0 N–H and O–H groups in total. The monoisotopic (exact) mass is 362 g/mol. The van der Waals surface area contributed by atoms with Crippen molar-refractivity contribution in [1.29, 1.82) is 0 Å². The minimum absolute atomic E-state index is 0.174. The van der Waals surface area contributed by atoms with Crippen LogP contribution in [0.15, 0.2) is 35.6 Å². The zero-order valence-electron chi connectivity index (χ0n) is 12.4. The molecule has 0 aliphatic heterocycles. The molecule has 1 aromatic carbocycles. The minimum Gasteiger partial charge on any atom is -0.364 e. The molecular weight excluding hydrogens is 351 g/mol. The Hall–Kier alpha value is -2.18. The van der Waals surface area contributed by atoms with E-state index < -0.39 is 0 Å². The van der Waals surface area contributed by atoms with Crippen LogP contribution >= 0.6 is 23.2 Å². The van der Waals surface area contributed by atoms with Gasteiger partial charge in [0.05, 0.1) is 27.8 Å². The third-order valence-corrected chi connectivity index (χ3v) is 4.88. The number of benzene rings is 1. The van der Waals surface area contributed by atoms with E-state index in [1.54, 1.807) is 23.1 Å². The van der Waals surface area contributed by atoms with E-state index in [2.05, 4.69) is 15.2 Å². The van der Waals surface area contributed by atoms with Crippen LogP contribution in [-0.4, -0.2) is 25.7 Å². The van der Waals surface area contributed by atoms with Gasteiger partial charge in [-0.25, -0.2) is 9.67 Å². The van der Waals surface area contributed by atoms with E-state index in [0.717, 1.165) is 18.5 Å². The largest absolute Gasteiger partial charge is 0.364 e. The maximum absolute atomic E-state index is 13.0. The quantitative estimate of drug-likeness (QED) is 0.646. The summed E-state index contributed by atoms with van der Waals surface area (Å²) in [5, 5.41) is 8.77. The van der Waals surface area contributed by atoms with Crippen molar-refractivity contribution >= 4 is 29.0 Å². The normalized spacial score (nSPS) is 14.1. The molecule has 4 rings (SSSR count). The first-order chi connectivity index (χ1) is 11.6. The second kappa shape index (κ2) is 6.03. The summed E-state index contributed by atoms with van der Waals surface area (Å²) >= 11 is 12.5. The molecule has 24 heavy (non-hydrogen) atoms. The van der Waals surface area contributed by atoms with Crippen molar-refractivity contribution in [3.63, 3.8) is 0 Å². The van der Waals surface area contributed by atoms with Gasteiger partial charge in [-0.2, -0.15) is 5.10 Å². The van der Waals surface area contributed by atoms with E-state index in [1.165, 1.54) is 12.6 Å². The molecule has 2 aromatic heterocycles. The summed E-state index contributed by atoms with van der Waals surface area (Å²) in [6, 6.07) is 3.29. The van der Waals surface area contributed by atoms with Gasteiger partial charge in [0.25, 0.3) is 0 Å². The summed E-state index contributed by atoms with van der Waals surface area (Å²) in [5.41, 5.74) is 2.26. The number of carbonyl (C=O) groups is 1. The molecule has 0 unspecified atom stereocenters. The highest BCUT2D eigenvalue weighted by Gasteiger charge is 2.32. The Bertz CT molecular complexity index is 901. The van der Waals surface area contributed by atoms with E-state index in [1.807, 2.05) is 0 Å². The van der Waals surface area contributed by atoms with Crippen molar-refractivity contribution in [3.8, 4) is 0 Å². The zero-order valence-corrected chi connectivity index (χ0v) is 14.0. The van der Waals surface area contributed by atoms with E-state index >= 15 is 0 Å². The molecule has 1 aliphatic carbocycles. The molecule has 0 atom stereocenters. The van der Waals surface area contributed by atoms with Crippen molar-refractivity contribution in [1.82, 2.24) is 19.9 Å². The Kier molecular flexibility index (Phi) is 3.86. The molecule has 2 heterocycles. The molecule has 122 valence electrons. The van der Waals surface area contributed by atoms with Crippen LogP contribution in [0.25, 0.3) is 0 Å². The first-order valence-corrected chi connectivity index (χ1v) is 8.19. The molecule has 1 aliphatic rings. The van der Waals surface area contributed by atoms with Gasteiger partial charge < -0.3 is 4.52 Å². The van der Waals surface area contributed by atoms with Crippen LogP contribution in [0.1, 0.15) is 45.9 Å². The highest BCUT2D eigenvalue weighted by molar-refractivity contribution is 6.43. The van der Waals surface area contributed by atoms with Crippen molar-refractivity contribution in [2.75, 3.05) is 0 Å². The summed E-state index contributed by atoms with van der Waals surface area (Å²) in [6.07, 6.45) is 6.43. The van der Waals surface area contributed by atoms with E-state index in [-0.39, 0.29) is 5.78 Å². The van der Waals surface area contributed by atoms with Gasteiger partial charge in [-0.05, 0) is 25.0 Å². The van der Waals surface area contributed by atoms with E-state index in [4.69, 9.17) is 27.7 Å². The SMILES string of the molecule is O=C(c1conc1C1CC1)c1ccc(Cl)c(Cl)c1Cn1cncn1. The first-order valence-electron chi connectivity index (χ1n) is 7.43. The van der Waals surface area contributed by atoms with Crippen molar-refractivity contribution in [3.05, 3.63) is 63.5 Å². The van der Waals surface area contributed by atoms with Gasteiger partial charge in [-0.1, -0.05) is 28.4 Å². The number of aromatic nitrogens is 4. The average molecular weight is 363 g/mol. The van der Waals surface area contributed by atoms with Gasteiger partial charge in [0.1, 0.15) is 18.9 Å². The molecular formula is C16H12Cl2N4O2. The van der Waals surface area contributed by atoms with Crippen LogP contribution in [0, 0.1) is 0 Å². The standard InChI is InChI=1S/C16H12Cl2N4O2/c17-13-4-3-10(11(14(13)18)5-22-8-19-7-20-22)16(23)12-6-24-21-15(12)9-1-2-9/h3-4,6-9H,1-2,5H2. The number of rotatable bonds is 5. The van der Waals surface area contributed by atoms with Crippen LogP contribution in [0.5, 0.6) is 0 Å². The van der Waals surface area contributed by atoms with Gasteiger partial charge >= 0.3 is 0 Å². The summed E-state index contributed by atoms with van der Waals surface area (Å²) < 4.78 is 6.62. The highest BCUT2D eigenvalue weighted by atomic mass is 35.5. The Morgan fingerprint density at radius 3 is 2.83 bits per heavy atom. The summed E-state index contributed by atoms with van der Waals surface area (Å²) in [6.45, 7) is 0.296. The lowest BCUT2D eigenvalue weighted by atomic mass is 9.97. The summed E-state index contributed by atoms with van der Waals surface area (Å²) in [7, 11) is 0. The fraction of sp³-hybridized carbons (Fsp3) is 0.250. The van der Waals surface area contributed by atoms with E-state index in [9.17, 15) is 4.79 Å². The van der Waals surface area contributed by atoms with Crippen LogP contribution in [0.4, 0.5) is 0 Å². The second-order valence-corrected chi connectivity index (χ2v) is 6.48. The third-order valence-electron chi connectivity index (χ3n) is 4.03. The number of hydrogen-bond donors (Lipinski definition) is 0. The van der Waals surface area contributed by atoms with Crippen LogP contribution < -0.4 is 0 Å². The van der Waals surface area contributed by atoms with Crippen molar-refractivity contribution < 1.29 is 9.32 Å². The van der Waals surface area contributed by atoms with Gasteiger partial charge in [-0.3, -0.25) is 4.79 Å². The van der Waals surface area contributed by atoms with Crippen LogP contribution in [-0.2, 0) is 6.54 Å². The molecule has 0 bridgehead atoms. The van der Waals surface area contributed by atoms with Crippen molar-refractivity contribution in [2.24, 2.45) is 0 Å². The molecule has 0 radical (unpaired) electrons. The number of halogens is 2. The zero-order chi connectivity index (χ0) is 16.7. The Balaban J connectivity index is 1.78. The van der Waals surface area contributed by atoms with Gasteiger partial charge in [-0.15, -0.1) is 0 Å². The fourth-order valence-electron chi connectivity index (χ4n) is 2.65. The van der Waals surface area contributed by atoms with Gasteiger partial charge in [0, 0.05) is 17.0 Å².